The van der Waals surface area contributed by atoms with E-state index in [9.17, 15) is 9.59 Å². The highest BCUT2D eigenvalue weighted by atomic mass is 16.2. The van der Waals surface area contributed by atoms with Crippen molar-refractivity contribution in [3.05, 3.63) is 0 Å². The van der Waals surface area contributed by atoms with Gasteiger partial charge in [-0.3, -0.25) is 0 Å². The van der Waals surface area contributed by atoms with Crippen LogP contribution < -0.4 is 21.7 Å². The molecule has 6 nitrogen and oxygen atoms in total. The van der Waals surface area contributed by atoms with Crippen molar-refractivity contribution in [2.24, 2.45) is 5.73 Å². The molecule has 0 aliphatic carbocycles. The molecule has 0 saturated heterocycles. The number of rotatable bonds is 5. The summed E-state index contributed by atoms with van der Waals surface area (Å²) in [5.41, 5.74) is 4.94. The molecule has 0 aliphatic heterocycles. The molecular weight excluding hydrogens is 184 g/mol. The molecule has 0 aromatic rings. The maximum atomic E-state index is 10.7. The van der Waals surface area contributed by atoms with Crippen LogP contribution in [0.4, 0.5) is 9.59 Å². The zero-order valence-electron chi connectivity index (χ0n) is 8.59. The Balaban J connectivity index is 3.35. The molecule has 0 aromatic carbocycles. The third kappa shape index (κ3) is 7.20. The van der Waals surface area contributed by atoms with Crippen molar-refractivity contribution < 1.29 is 9.59 Å². The summed E-state index contributed by atoms with van der Waals surface area (Å²) in [5, 5.41) is 7.65. The topological polar surface area (TPSA) is 96.2 Å². The number of carbonyl (C=O) groups is 2. The van der Waals surface area contributed by atoms with Gasteiger partial charge in [-0.05, 0) is 19.8 Å². The Bertz CT molecular complexity index is 196. The van der Waals surface area contributed by atoms with Crippen LogP contribution in [0, 0.1) is 0 Å². The minimum Gasteiger partial charge on any atom is -0.352 e. The normalized spacial score (nSPS) is 11.6. The molecular formula is C8H18N4O2. The van der Waals surface area contributed by atoms with Crippen LogP contribution in [-0.4, -0.2) is 31.7 Å². The second-order valence-corrected chi connectivity index (χ2v) is 3.06. The van der Waals surface area contributed by atoms with Gasteiger partial charge >= 0.3 is 12.1 Å². The number of nitrogens with two attached hydrogens (primary N) is 1. The van der Waals surface area contributed by atoms with Crippen molar-refractivity contribution in [2.45, 2.75) is 25.8 Å². The van der Waals surface area contributed by atoms with Gasteiger partial charge in [0.1, 0.15) is 0 Å². The second-order valence-electron chi connectivity index (χ2n) is 3.06. The van der Waals surface area contributed by atoms with E-state index >= 15 is 0 Å². The smallest absolute Gasteiger partial charge is 0.314 e. The summed E-state index contributed by atoms with van der Waals surface area (Å²) in [6.07, 6.45) is 1.59. The van der Waals surface area contributed by atoms with Crippen LogP contribution in [-0.2, 0) is 0 Å². The van der Waals surface area contributed by atoms with E-state index in [4.69, 9.17) is 5.73 Å². The minimum atomic E-state index is -0.517. The molecule has 0 aromatic heterocycles. The Morgan fingerprint density at radius 1 is 1.43 bits per heavy atom. The molecule has 0 saturated carbocycles. The van der Waals surface area contributed by atoms with Crippen molar-refractivity contribution in [1.29, 1.82) is 0 Å². The zero-order valence-corrected chi connectivity index (χ0v) is 8.59. The molecule has 0 rings (SSSR count). The Kier molecular flexibility index (Phi) is 6.26. The van der Waals surface area contributed by atoms with Crippen LogP contribution in [0.15, 0.2) is 0 Å². The lowest BCUT2D eigenvalue weighted by atomic mass is 10.2. The fourth-order valence-electron chi connectivity index (χ4n) is 1.01. The molecule has 1 atom stereocenters. The van der Waals surface area contributed by atoms with E-state index in [2.05, 4.69) is 16.0 Å². The first-order chi connectivity index (χ1) is 6.56. The highest BCUT2D eigenvalue weighted by molar-refractivity contribution is 5.73. The number of primary amides is 1. The van der Waals surface area contributed by atoms with Gasteiger partial charge in [-0.1, -0.05) is 0 Å². The quantitative estimate of drug-likeness (QED) is 0.463. The van der Waals surface area contributed by atoms with Gasteiger partial charge < -0.3 is 21.7 Å². The molecule has 0 spiro atoms. The third-order valence-corrected chi connectivity index (χ3v) is 1.72. The Morgan fingerprint density at radius 3 is 2.57 bits per heavy atom. The van der Waals surface area contributed by atoms with E-state index in [1.54, 1.807) is 7.05 Å². The number of hydrogen-bond acceptors (Lipinski definition) is 2. The van der Waals surface area contributed by atoms with Crippen LogP contribution in [0.1, 0.15) is 19.8 Å². The van der Waals surface area contributed by atoms with Gasteiger partial charge in [-0.2, -0.15) is 0 Å². The van der Waals surface area contributed by atoms with Crippen LogP contribution >= 0.6 is 0 Å². The van der Waals surface area contributed by atoms with E-state index in [0.29, 0.717) is 6.54 Å². The number of amides is 4. The van der Waals surface area contributed by atoms with Crippen molar-refractivity contribution in [2.75, 3.05) is 13.6 Å². The molecule has 0 bridgehead atoms. The maximum Gasteiger partial charge on any atom is 0.314 e. The van der Waals surface area contributed by atoms with Gasteiger partial charge in [0.15, 0.2) is 0 Å². The number of urea groups is 2. The maximum absolute atomic E-state index is 10.7. The van der Waals surface area contributed by atoms with E-state index in [1.165, 1.54) is 0 Å². The number of nitrogens with one attached hydrogen (secondary N) is 3. The number of carbonyl (C=O) groups excluding carboxylic acids is 2. The molecule has 0 fully saturated rings. The van der Waals surface area contributed by atoms with Crippen molar-refractivity contribution in [1.82, 2.24) is 16.0 Å². The second kappa shape index (κ2) is 6.99. The Labute approximate surface area is 83.6 Å². The average molecular weight is 202 g/mol. The highest BCUT2D eigenvalue weighted by Crippen LogP contribution is 1.94. The summed E-state index contributed by atoms with van der Waals surface area (Å²) in [7, 11) is 1.56. The molecule has 5 N–H and O–H groups in total. The predicted molar refractivity (Wildman–Crippen MR) is 53.9 cm³/mol. The summed E-state index contributed by atoms with van der Waals surface area (Å²) in [5.74, 6) is 0. The Hall–Kier alpha value is -1.46. The lowest BCUT2D eigenvalue weighted by Gasteiger charge is -2.11. The monoisotopic (exact) mass is 202 g/mol. The van der Waals surface area contributed by atoms with Gasteiger partial charge in [0.25, 0.3) is 0 Å². The summed E-state index contributed by atoms with van der Waals surface area (Å²) >= 11 is 0. The van der Waals surface area contributed by atoms with Crippen molar-refractivity contribution in [3.63, 3.8) is 0 Å². The first kappa shape index (κ1) is 12.5. The zero-order chi connectivity index (χ0) is 11.0. The third-order valence-electron chi connectivity index (χ3n) is 1.72. The highest BCUT2D eigenvalue weighted by Gasteiger charge is 2.03. The summed E-state index contributed by atoms with van der Waals surface area (Å²) in [6.45, 7) is 2.45. The van der Waals surface area contributed by atoms with E-state index in [-0.39, 0.29) is 12.1 Å². The lowest BCUT2D eigenvalue weighted by molar-refractivity contribution is 0.241. The van der Waals surface area contributed by atoms with Crippen molar-refractivity contribution >= 4 is 12.1 Å². The summed E-state index contributed by atoms with van der Waals surface area (Å²) in [4.78, 5) is 21.2. The molecule has 0 heterocycles. The van der Waals surface area contributed by atoms with E-state index in [1.807, 2.05) is 6.92 Å². The fourth-order valence-corrected chi connectivity index (χ4v) is 1.01. The SMILES string of the molecule is CNC(=O)NCCCC(C)NC(N)=O. The Morgan fingerprint density at radius 2 is 2.07 bits per heavy atom. The predicted octanol–water partition coefficient (Wildman–Crippen LogP) is -0.248. The van der Waals surface area contributed by atoms with Crippen LogP contribution in [0.2, 0.25) is 0 Å². The first-order valence-electron chi connectivity index (χ1n) is 4.57. The van der Waals surface area contributed by atoms with Crippen LogP contribution in [0.5, 0.6) is 0 Å². The minimum absolute atomic E-state index is 0.0407. The molecule has 4 amide bonds. The van der Waals surface area contributed by atoms with E-state index < -0.39 is 6.03 Å². The van der Waals surface area contributed by atoms with Crippen LogP contribution in [0.3, 0.4) is 0 Å². The molecule has 14 heavy (non-hydrogen) atoms. The van der Waals surface area contributed by atoms with Gasteiger partial charge in [-0.15, -0.1) is 0 Å². The molecule has 0 aliphatic rings. The summed E-state index contributed by atoms with van der Waals surface area (Å²) in [6, 6.07) is -0.670. The van der Waals surface area contributed by atoms with Gasteiger partial charge in [-0.25, -0.2) is 9.59 Å². The fraction of sp³-hybridized carbons (Fsp3) is 0.750. The molecule has 0 radical (unpaired) electrons. The molecule has 1 unspecified atom stereocenters. The molecule has 82 valence electrons. The van der Waals surface area contributed by atoms with Crippen molar-refractivity contribution in [3.8, 4) is 0 Å². The average Bonchev–Trinajstić information content (AvgIpc) is 2.10. The largest absolute Gasteiger partial charge is 0.352 e. The molecule has 6 heteroatoms. The standard InChI is InChI=1S/C8H18N4O2/c1-6(12-7(9)13)4-3-5-11-8(14)10-2/h6H,3-5H2,1-2H3,(H3,9,12,13)(H2,10,11,14). The van der Waals surface area contributed by atoms with Crippen LogP contribution in [0.25, 0.3) is 0 Å². The first-order valence-corrected chi connectivity index (χ1v) is 4.57. The van der Waals surface area contributed by atoms with E-state index in [0.717, 1.165) is 12.8 Å². The lowest BCUT2D eigenvalue weighted by Crippen LogP contribution is -2.38. The van der Waals surface area contributed by atoms with Gasteiger partial charge in [0.05, 0.1) is 0 Å². The van der Waals surface area contributed by atoms with Gasteiger partial charge in [0.2, 0.25) is 0 Å². The number of hydrogen-bond donors (Lipinski definition) is 4. The van der Waals surface area contributed by atoms with Gasteiger partial charge in [0, 0.05) is 19.6 Å². The summed E-state index contributed by atoms with van der Waals surface area (Å²) < 4.78 is 0.